The highest BCUT2D eigenvalue weighted by Crippen LogP contribution is 2.33. The topological polar surface area (TPSA) is 82.5 Å². The van der Waals surface area contributed by atoms with Crippen molar-refractivity contribution in [3.63, 3.8) is 0 Å². The molecule has 0 bridgehead atoms. The molecule has 1 aliphatic rings. The Morgan fingerprint density at radius 2 is 2.00 bits per heavy atom. The first kappa shape index (κ1) is 19.7. The molecule has 1 aliphatic heterocycles. The number of imidazole rings is 1. The van der Waals surface area contributed by atoms with Gasteiger partial charge >= 0.3 is 0 Å². The predicted octanol–water partition coefficient (Wildman–Crippen LogP) is 4.89. The van der Waals surface area contributed by atoms with Gasteiger partial charge in [-0.25, -0.2) is 4.98 Å². The number of aromatic amines is 1. The smallest absolute Gasteiger partial charge is 0.281 e. The Labute approximate surface area is 193 Å². The van der Waals surface area contributed by atoms with E-state index >= 15 is 0 Å². The number of thiazole rings is 1. The van der Waals surface area contributed by atoms with Crippen molar-refractivity contribution in [1.82, 2.24) is 14.4 Å². The predicted molar refractivity (Wildman–Crippen MR) is 128 cm³/mol. The van der Waals surface area contributed by atoms with Crippen LogP contribution in [0.2, 0.25) is 5.15 Å². The molecule has 32 heavy (non-hydrogen) atoms. The number of nitrogens with zero attached hydrogens (tertiary/aromatic N) is 3. The van der Waals surface area contributed by atoms with Crippen molar-refractivity contribution < 1.29 is 8.42 Å². The van der Waals surface area contributed by atoms with E-state index in [0.717, 1.165) is 36.1 Å². The molecule has 0 aliphatic carbocycles. The van der Waals surface area contributed by atoms with E-state index in [0.29, 0.717) is 10.6 Å². The summed E-state index contributed by atoms with van der Waals surface area (Å²) in [5.74, 6) is 0. The monoisotopic (exact) mass is 483 g/mol. The normalized spacial score (nSPS) is 14.2. The van der Waals surface area contributed by atoms with E-state index in [1.54, 1.807) is 17.6 Å². The van der Waals surface area contributed by atoms with Crippen molar-refractivity contribution in [2.24, 2.45) is 0 Å². The Bertz CT molecular complexity index is 1570. The van der Waals surface area contributed by atoms with Gasteiger partial charge in [0.25, 0.3) is 10.0 Å². The van der Waals surface area contributed by atoms with Gasteiger partial charge < -0.3 is 9.88 Å². The van der Waals surface area contributed by atoms with Gasteiger partial charge in [0.05, 0.1) is 6.54 Å². The van der Waals surface area contributed by atoms with Gasteiger partial charge in [0.15, 0.2) is 15.1 Å². The van der Waals surface area contributed by atoms with Crippen LogP contribution >= 0.6 is 22.9 Å². The van der Waals surface area contributed by atoms with Gasteiger partial charge in [-0.3, -0.25) is 9.12 Å². The van der Waals surface area contributed by atoms with Crippen LogP contribution in [0, 0.1) is 0 Å². The van der Waals surface area contributed by atoms with Gasteiger partial charge in [-0.2, -0.15) is 8.42 Å². The van der Waals surface area contributed by atoms with Gasteiger partial charge in [0.2, 0.25) is 0 Å². The summed E-state index contributed by atoms with van der Waals surface area (Å²) in [6.45, 7) is 1.69. The van der Waals surface area contributed by atoms with Crippen LogP contribution < -0.4 is 9.62 Å². The molecule has 7 nitrogen and oxygen atoms in total. The lowest BCUT2D eigenvalue weighted by Crippen LogP contribution is -2.30. The average Bonchev–Trinajstić information content (AvgIpc) is 3.45. The molecule has 162 valence electrons. The van der Waals surface area contributed by atoms with Gasteiger partial charge in [-0.05, 0) is 42.3 Å². The van der Waals surface area contributed by atoms with Gasteiger partial charge in [-0.1, -0.05) is 29.8 Å². The second kappa shape index (κ2) is 7.26. The van der Waals surface area contributed by atoms with Crippen LogP contribution in [0.15, 0.2) is 65.1 Å². The zero-order chi connectivity index (χ0) is 21.9. The Balaban J connectivity index is 1.34. The Kier molecular flexibility index (Phi) is 4.46. The molecule has 6 rings (SSSR count). The number of halogens is 1. The molecule has 4 heterocycles. The second-order valence-electron chi connectivity index (χ2n) is 7.72. The molecule has 0 spiro atoms. The molecule has 0 saturated carbocycles. The van der Waals surface area contributed by atoms with Gasteiger partial charge in [0.1, 0.15) is 0 Å². The van der Waals surface area contributed by atoms with Crippen molar-refractivity contribution >= 4 is 60.2 Å². The highest BCUT2D eigenvalue weighted by Gasteiger charge is 2.26. The van der Waals surface area contributed by atoms with Crippen LogP contribution in [-0.4, -0.2) is 29.3 Å². The Morgan fingerprint density at radius 3 is 2.84 bits per heavy atom. The number of para-hydroxylation sites is 1. The number of hydrogen-bond acceptors (Lipinski definition) is 5. The molecular weight excluding hydrogens is 466 g/mol. The third-order valence-corrected chi connectivity index (χ3v) is 8.32. The molecule has 0 saturated heterocycles. The van der Waals surface area contributed by atoms with Crippen molar-refractivity contribution in [2.75, 3.05) is 16.2 Å². The molecule has 0 fully saturated rings. The minimum Gasteiger partial charge on any atom is -0.365 e. The third kappa shape index (κ3) is 3.16. The van der Waals surface area contributed by atoms with E-state index in [9.17, 15) is 8.42 Å². The molecular formula is C22H18ClN5O2S2. The Hall–Kier alpha value is -3.01. The number of sulfonamides is 1. The maximum atomic E-state index is 13.1. The number of hydrogen-bond donors (Lipinski definition) is 2. The Morgan fingerprint density at radius 1 is 1.16 bits per heavy atom. The number of H-pyrrole nitrogens is 1. The number of benzene rings is 2. The number of anilines is 2. The van der Waals surface area contributed by atoms with Crippen molar-refractivity contribution in [2.45, 2.75) is 18.0 Å². The summed E-state index contributed by atoms with van der Waals surface area (Å²) < 4.78 is 30.3. The highest BCUT2D eigenvalue weighted by atomic mass is 35.5. The summed E-state index contributed by atoms with van der Waals surface area (Å²) in [4.78, 5) is 10.5. The number of aromatic nitrogens is 3. The van der Waals surface area contributed by atoms with E-state index in [-0.39, 0.29) is 10.2 Å². The lowest BCUT2D eigenvalue weighted by Gasteiger charge is -2.29. The molecule has 0 radical (unpaired) electrons. The van der Waals surface area contributed by atoms with Gasteiger partial charge in [0, 0.05) is 46.1 Å². The molecule has 0 unspecified atom stereocenters. The van der Waals surface area contributed by atoms with Crippen molar-refractivity contribution in [3.8, 4) is 0 Å². The fourth-order valence-corrected chi connectivity index (χ4v) is 6.85. The number of rotatable bonds is 4. The van der Waals surface area contributed by atoms with E-state index in [1.807, 2.05) is 30.3 Å². The maximum Gasteiger partial charge on any atom is 0.281 e. The maximum absolute atomic E-state index is 13.1. The van der Waals surface area contributed by atoms with Crippen LogP contribution in [0.5, 0.6) is 0 Å². The summed E-state index contributed by atoms with van der Waals surface area (Å²) in [6, 6.07) is 15.9. The van der Waals surface area contributed by atoms with E-state index in [2.05, 4.69) is 31.7 Å². The summed E-state index contributed by atoms with van der Waals surface area (Å²) in [6.07, 6.45) is 2.53. The quantitative estimate of drug-likeness (QED) is 0.381. The highest BCUT2D eigenvalue weighted by molar-refractivity contribution is 7.92. The molecule has 0 amide bonds. The molecule has 2 N–H and O–H groups in total. The summed E-state index contributed by atoms with van der Waals surface area (Å²) in [5, 5.41) is 2.72. The zero-order valence-corrected chi connectivity index (χ0v) is 19.1. The second-order valence-corrected chi connectivity index (χ2v) is 10.5. The van der Waals surface area contributed by atoms with Crippen molar-refractivity contribution in [3.05, 3.63) is 76.5 Å². The first-order chi connectivity index (χ1) is 15.5. The lowest BCUT2D eigenvalue weighted by molar-refractivity contribution is 0.597. The molecule has 2 aromatic carbocycles. The van der Waals surface area contributed by atoms with Crippen LogP contribution in [0.3, 0.4) is 0 Å². The summed E-state index contributed by atoms with van der Waals surface area (Å²) in [7, 11) is -3.91. The fraction of sp³-hybridized carbons (Fsp3) is 0.136. The van der Waals surface area contributed by atoms with Crippen LogP contribution in [0.4, 0.5) is 11.4 Å². The first-order valence-electron chi connectivity index (χ1n) is 10.1. The van der Waals surface area contributed by atoms with E-state index in [4.69, 9.17) is 11.6 Å². The van der Waals surface area contributed by atoms with Crippen LogP contribution in [0.1, 0.15) is 11.3 Å². The molecule has 5 aromatic rings. The summed E-state index contributed by atoms with van der Waals surface area (Å²) in [5.41, 5.74) is 5.08. The van der Waals surface area contributed by atoms with Gasteiger partial charge in [-0.15, -0.1) is 11.3 Å². The standard InChI is InChI=1S/C22H18ClN5O2S2/c23-20-21(28-10-11-31-22(28)25-20)32(29,30)26-14-6-7-18-17(12-14)16-8-9-27(13-19(16)24-18)15-4-2-1-3-5-15/h1-7,10-12,24,26H,8-9,13H2. The van der Waals surface area contributed by atoms with E-state index in [1.165, 1.54) is 27.0 Å². The largest absolute Gasteiger partial charge is 0.365 e. The molecule has 3 aromatic heterocycles. The lowest BCUT2D eigenvalue weighted by atomic mass is 10.0. The minimum atomic E-state index is -3.91. The first-order valence-corrected chi connectivity index (χ1v) is 12.8. The summed E-state index contributed by atoms with van der Waals surface area (Å²) >= 11 is 7.47. The molecule has 10 heteroatoms. The van der Waals surface area contributed by atoms with E-state index < -0.39 is 10.0 Å². The number of nitrogens with one attached hydrogen (secondary N) is 2. The zero-order valence-electron chi connectivity index (χ0n) is 16.7. The number of fused-ring (bicyclic) bond motifs is 4. The van der Waals surface area contributed by atoms with Crippen LogP contribution in [0.25, 0.3) is 15.9 Å². The molecule has 0 atom stereocenters. The van der Waals surface area contributed by atoms with Crippen LogP contribution in [-0.2, 0) is 23.0 Å². The minimum absolute atomic E-state index is 0.0366. The SMILES string of the molecule is O=S(=O)(Nc1ccc2[nH]c3c(c2c1)CCN(c1ccccc1)C3)c1c(Cl)nc2sccn12. The van der Waals surface area contributed by atoms with Crippen molar-refractivity contribution in [1.29, 1.82) is 0 Å². The third-order valence-electron chi connectivity index (χ3n) is 5.78. The average molecular weight is 484 g/mol. The fourth-order valence-electron chi connectivity index (χ4n) is 4.35.